The largest absolute Gasteiger partial charge is 0.275 e. The number of hydrogen-bond acceptors (Lipinski definition) is 3. The summed E-state index contributed by atoms with van der Waals surface area (Å²) >= 11 is 1.67. The molecule has 0 unspecified atom stereocenters. The van der Waals surface area contributed by atoms with Crippen LogP contribution >= 0.6 is 11.3 Å². The average Bonchev–Trinajstić information content (AvgIpc) is 2.58. The maximum Gasteiger partial charge on any atom is 0.0901 e. The van der Waals surface area contributed by atoms with E-state index in [2.05, 4.69) is 15.5 Å². The number of aryl methyl sites for hydroxylation is 3. The summed E-state index contributed by atoms with van der Waals surface area (Å²) in [5, 5.41) is 7.44. The third-order valence-electron chi connectivity index (χ3n) is 1.91. The molecule has 0 saturated heterocycles. The van der Waals surface area contributed by atoms with Gasteiger partial charge in [0.25, 0.3) is 0 Å². The van der Waals surface area contributed by atoms with Crippen molar-refractivity contribution in [1.29, 1.82) is 0 Å². The minimum atomic E-state index is 1.04. The van der Waals surface area contributed by atoms with Crippen LogP contribution in [0.1, 0.15) is 10.7 Å². The standard InChI is InChI=1S/C9H11N3S/c1-6-8(4-12(3)11-6)9-5-13-7(2)10-9/h4-5H,1-3H3. The van der Waals surface area contributed by atoms with E-state index in [0.717, 1.165) is 22.0 Å². The zero-order chi connectivity index (χ0) is 9.42. The van der Waals surface area contributed by atoms with Crippen molar-refractivity contribution in [3.8, 4) is 11.3 Å². The highest BCUT2D eigenvalue weighted by Crippen LogP contribution is 2.23. The molecule has 0 bridgehead atoms. The quantitative estimate of drug-likeness (QED) is 0.695. The van der Waals surface area contributed by atoms with E-state index in [0.29, 0.717) is 0 Å². The van der Waals surface area contributed by atoms with Crippen molar-refractivity contribution >= 4 is 11.3 Å². The normalized spacial score (nSPS) is 10.7. The molecular formula is C9H11N3S. The summed E-state index contributed by atoms with van der Waals surface area (Å²) in [6.45, 7) is 4.02. The third-order valence-corrected chi connectivity index (χ3v) is 2.68. The van der Waals surface area contributed by atoms with E-state index in [1.165, 1.54) is 0 Å². The van der Waals surface area contributed by atoms with Gasteiger partial charge in [0, 0.05) is 24.2 Å². The molecule has 0 saturated carbocycles. The topological polar surface area (TPSA) is 30.7 Å². The van der Waals surface area contributed by atoms with Crippen molar-refractivity contribution < 1.29 is 0 Å². The van der Waals surface area contributed by atoms with Gasteiger partial charge in [0.05, 0.1) is 16.4 Å². The molecule has 2 aromatic rings. The van der Waals surface area contributed by atoms with Crippen LogP contribution in [0.25, 0.3) is 11.3 Å². The molecule has 0 atom stereocenters. The molecular weight excluding hydrogens is 182 g/mol. The Kier molecular flexibility index (Phi) is 1.92. The molecule has 0 aliphatic heterocycles. The van der Waals surface area contributed by atoms with Crippen LogP contribution in [0.2, 0.25) is 0 Å². The summed E-state index contributed by atoms with van der Waals surface area (Å²) in [5.41, 5.74) is 3.20. The van der Waals surface area contributed by atoms with Crippen molar-refractivity contribution in [2.24, 2.45) is 7.05 Å². The van der Waals surface area contributed by atoms with Crippen molar-refractivity contribution in [3.63, 3.8) is 0 Å². The van der Waals surface area contributed by atoms with Gasteiger partial charge < -0.3 is 0 Å². The maximum atomic E-state index is 4.42. The van der Waals surface area contributed by atoms with Crippen LogP contribution in [0.5, 0.6) is 0 Å². The van der Waals surface area contributed by atoms with Crippen LogP contribution in [0, 0.1) is 13.8 Å². The molecule has 0 aromatic carbocycles. The van der Waals surface area contributed by atoms with Crippen LogP contribution in [0.15, 0.2) is 11.6 Å². The van der Waals surface area contributed by atoms with Gasteiger partial charge in [-0.1, -0.05) is 0 Å². The third kappa shape index (κ3) is 1.49. The van der Waals surface area contributed by atoms with Crippen LogP contribution in [-0.2, 0) is 7.05 Å². The molecule has 2 rings (SSSR count). The van der Waals surface area contributed by atoms with Crippen molar-refractivity contribution in [1.82, 2.24) is 14.8 Å². The van der Waals surface area contributed by atoms with E-state index in [4.69, 9.17) is 0 Å². The van der Waals surface area contributed by atoms with Gasteiger partial charge in [-0.2, -0.15) is 5.10 Å². The highest BCUT2D eigenvalue weighted by molar-refractivity contribution is 7.09. The molecule has 0 aliphatic rings. The predicted molar refractivity (Wildman–Crippen MR) is 53.8 cm³/mol. The minimum Gasteiger partial charge on any atom is -0.275 e. The van der Waals surface area contributed by atoms with Crippen LogP contribution in [-0.4, -0.2) is 14.8 Å². The molecule has 0 fully saturated rings. The summed E-state index contributed by atoms with van der Waals surface area (Å²) in [4.78, 5) is 4.42. The molecule has 13 heavy (non-hydrogen) atoms. The summed E-state index contributed by atoms with van der Waals surface area (Å²) in [6, 6.07) is 0. The minimum absolute atomic E-state index is 1.04. The molecule has 2 heterocycles. The van der Waals surface area contributed by atoms with Crippen LogP contribution in [0.3, 0.4) is 0 Å². The van der Waals surface area contributed by atoms with Gasteiger partial charge in [0.2, 0.25) is 0 Å². The Bertz CT molecular complexity index is 428. The molecule has 0 spiro atoms. The van der Waals surface area contributed by atoms with Gasteiger partial charge >= 0.3 is 0 Å². The molecule has 0 N–H and O–H groups in total. The Labute approximate surface area is 81.1 Å². The number of thiazole rings is 1. The van der Waals surface area contributed by atoms with E-state index in [1.807, 2.05) is 31.8 Å². The van der Waals surface area contributed by atoms with Gasteiger partial charge in [0.15, 0.2) is 0 Å². The Hall–Kier alpha value is -1.16. The molecule has 4 heteroatoms. The fraction of sp³-hybridized carbons (Fsp3) is 0.333. The molecule has 2 aromatic heterocycles. The monoisotopic (exact) mass is 193 g/mol. The van der Waals surface area contributed by atoms with Gasteiger partial charge in [-0.05, 0) is 13.8 Å². The summed E-state index contributed by atoms with van der Waals surface area (Å²) in [7, 11) is 1.93. The second-order valence-electron chi connectivity index (χ2n) is 3.05. The summed E-state index contributed by atoms with van der Waals surface area (Å²) in [5.74, 6) is 0. The Balaban J connectivity index is 2.51. The first kappa shape index (κ1) is 8.44. The predicted octanol–water partition coefficient (Wildman–Crippen LogP) is 2.16. The lowest BCUT2D eigenvalue weighted by molar-refractivity contribution is 0.756. The van der Waals surface area contributed by atoms with Gasteiger partial charge in [0.1, 0.15) is 0 Å². The van der Waals surface area contributed by atoms with E-state index in [9.17, 15) is 0 Å². The number of rotatable bonds is 1. The van der Waals surface area contributed by atoms with Crippen molar-refractivity contribution in [2.45, 2.75) is 13.8 Å². The van der Waals surface area contributed by atoms with E-state index in [-0.39, 0.29) is 0 Å². The second kappa shape index (κ2) is 2.96. The van der Waals surface area contributed by atoms with E-state index >= 15 is 0 Å². The average molecular weight is 193 g/mol. The lowest BCUT2D eigenvalue weighted by Crippen LogP contribution is -1.86. The highest BCUT2D eigenvalue weighted by atomic mass is 32.1. The lowest BCUT2D eigenvalue weighted by atomic mass is 10.2. The van der Waals surface area contributed by atoms with Crippen LogP contribution in [0.4, 0.5) is 0 Å². The fourth-order valence-electron chi connectivity index (χ4n) is 1.34. The Morgan fingerprint density at radius 1 is 1.38 bits per heavy atom. The molecule has 0 amide bonds. The van der Waals surface area contributed by atoms with Crippen molar-refractivity contribution in [3.05, 3.63) is 22.3 Å². The summed E-state index contributed by atoms with van der Waals surface area (Å²) < 4.78 is 1.82. The Morgan fingerprint density at radius 2 is 2.15 bits per heavy atom. The Morgan fingerprint density at radius 3 is 2.62 bits per heavy atom. The highest BCUT2D eigenvalue weighted by Gasteiger charge is 2.08. The molecule has 0 aliphatic carbocycles. The SMILES string of the molecule is Cc1nc(-c2cn(C)nc2C)cs1. The van der Waals surface area contributed by atoms with Gasteiger partial charge in [-0.15, -0.1) is 11.3 Å². The van der Waals surface area contributed by atoms with E-state index in [1.54, 1.807) is 11.3 Å². The number of aromatic nitrogens is 3. The van der Waals surface area contributed by atoms with E-state index < -0.39 is 0 Å². The zero-order valence-electron chi connectivity index (χ0n) is 7.90. The van der Waals surface area contributed by atoms with Crippen LogP contribution < -0.4 is 0 Å². The first-order chi connectivity index (χ1) is 6.16. The zero-order valence-corrected chi connectivity index (χ0v) is 8.72. The first-order valence-electron chi connectivity index (χ1n) is 4.09. The number of hydrogen-bond donors (Lipinski definition) is 0. The maximum absolute atomic E-state index is 4.42. The smallest absolute Gasteiger partial charge is 0.0901 e. The number of nitrogens with zero attached hydrogens (tertiary/aromatic N) is 3. The van der Waals surface area contributed by atoms with Gasteiger partial charge in [-0.3, -0.25) is 4.68 Å². The molecule has 3 nitrogen and oxygen atoms in total. The first-order valence-corrected chi connectivity index (χ1v) is 4.97. The molecule has 0 radical (unpaired) electrons. The summed E-state index contributed by atoms with van der Waals surface area (Å²) in [6.07, 6.45) is 2.00. The van der Waals surface area contributed by atoms with Gasteiger partial charge in [-0.25, -0.2) is 4.98 Å². The lowest BCUT2D eigenvalue weighted by Gasteiger charge is -1.89. The molecule has 68 valence electrons. The second-order valence-corrected chi connectivity index (χ2v) is 4.12. The van der Waals surface area contributed by atoms with Crippen molar-refractivity contribution in [2.75, 3.05) is 0 Å². The fourth-order valence-corrected chi connectivity index (χ4v) is 1.95.